The highest BCUT2D eigenvalue weighted by atomic mass is 35.5. The minimum Gasteiger partial charge on any atom is -1.00 e. The summed E-state index contributed by atoms with van der Waals surface area (Å²) in [7, 11) is 6.57. The van der Waals surface area contributed by atoms with E-state index in [9.17, 15) is 5.11 Å². The van der Waals surface area contributed by atoms with Crippen LogP contribution in [0.4, 0.5) is 0 Å². The van der Waals surface area contributed by atoms with E-state index in [-0.39, 0.29) is 12.4 Å². The Balaban J connectivity index is 0.00000400. The Hall–Kier alpha value is -0.990. The summed E-state index contributed by atoms with van der Waals surface area (Å²) < 4.78 is 0.917. The summed E-state index contributed by atoms with van der Waals surface area (Å²) in [5.74, 6) is 0.455. The van der Waals surface area contributed by atoms with Gasteiger partial charge in [0.15, 0.2) is 0 Å². The van der Waals surface area contributed by atoms with Crippen molar-refractivity contribution in [2.45, 2.75) is 40.0 Å². The predicted octanol–water partition coefficient (Wildman–Crippen LogP) is 1.02. The average molecular weight is 312 g/mol. The van der Waals surface area contributed by atoms with Gasteiger partial charge >= 0.3 is 0 Å². The fraction of sp³-hybridized carbons (Fsp3) is 0.556. The minimum absolute atomic E-state index is 0. The lowest BCUT2D eigenvalue weighted by atomic mass is 9.96. The molecule has 0 aliphatic carbocycles. The standard InChI is InChI=1S/C18H29NO.ClH/c1-7-8-16-12-15(11-14(2)3)13-18(20)17(16)9-10-19(4,5)6;/h11-13H,7-10H2,1-6H3;1H. The van der Waals surface area contributed by atoms with Crippen molar-refractivity contribution in [3.63, 3.8) is 0 Å². The summed E-state index contributed by atoms with van der Waals surface area (Å²) in [6, 6.07) is 4.14. The molecule has 1 N–H and O–H groups in total. The van der Waals surface area contributed by atoms with Gasteiger partial charge in [-0.05, 0) is 37.5 Å². The van der Waals surface area contributed by atoms with Gasteiger partial charge in [-0.25, -0.2) is 0 Å². The van der Waals surface area contributed by atoms with Crippen molar-refractivity contribution in [2.24, 2.45) is 0 Å². The van der Waals surface area contributed by atoms with Crippen LogP contribution in [0.5, 0.6) is 5.75 Å². The van der Waals surface area contributed by atoms with E-state index in [1.807, 2.05) is 6.07 Å². The highest BCUT2D eigenvalue weighted by Gasteiger charge is 2.14. The van der Waals surface area contributed by atoms with Gasteiger partial charge in [-0.15, -0.1) is 0 Å². The number of benzene rings is 1. The van der Waals surface area contributed by atoms with Crippen LogP contribution < -0.4 is 12.4 Å². The number of phenolic OH excluding ortho intramolecular Hbond substituents is 1. The van der Waals surface area contributed by atoms with E-state index < -0.39 is 0 Å². The van der Waals surface area contributed by atoms with Gasteiger partial charge in [0.1, 0.15) is 5.75 Å². The molecule has 0 aliphatic heterocycles. The SMILES string of the molecule is CCCc1cc(C=C(C)C)cc(O)c1CC[N+](C)(C)C.[Cl-]. The van der Waals surface area contributed by atoms with Crippen molar-refractivity contribution in [1.82, 2.24) is 0 Å². The first kappa shape index (κ1) is 20.0. The zero-order valence-corrected chi connectivity index (χ0v) is 15.1. The monoisotopic (exact) mass is 311 g/mol. The van der Waals surface area contributed by atoms with Gasteiger partial charge in [0.25, 0.3) is 0 Å². The van der Waals surface area contributed by atoms with E-state index in [1.165, 1.54) is 11.1 Å². The van der Waals surface area contributed by atoms with Crippen LogP contribution in [-0.2, 0) is 12.8 Å². The number of quaternary nitrogens is 1. The topological polar surface area (TPSA) is 20.2 Å². The van der Waals surface area contributed by atoms with Crippen LogP contribution in [0.15, 0.2) is 17.7 Å². The van der Waals surface area contributed by atoms with Crippen LogP contribution in [0.2, 0.25) is 0 Å². The van der Waals surface area contributed by atoms with Gasteiger partial charge < -0.3 is 22.0 Å². The molecule has 0 aromatic heterocycles. The number of hydrogen-bond acceptors (Lipinski definition) is 1. The largest absolute Gasteiger partial charge is 1.00 e. The van der Waals surface area contributed by atoms with E-state index in [2.05, 4.69) is 54.1 Å². The molecular formula is C18H30ClNO. The zero-order chi connectivity index (χ0) is 15.3. The number of likely N-dealkylation sites (N-methyl/N-ethyl adjacent to an activating group) is 1. The number of nitrogens with zero attached hydrogens (tertiary/aromatic N) is 1. The summed E-state index contributed by atoms with van der Waals surface area (Å²) in [5, 5.41) is 10.4. The fourth-order valence-electron chi connectivity index (χ4n) is 2.38. The Bertz CT molecular complexity index is 483. The van der Waals surface area contributed by atoms with Crippen LogP contribution in [-0.4, -0.2) is 37.3 Å². The Morgan fingerprint density at radius 2 is 1.76 bits per heavy atom. The van der Waals surface area contributed by atoms with Crippen LogP contribution in [0.25, 0.3) is 6.08 Å². The molecule has 0 unspecified atom stereocenters. The van der Waals surface area contributed by atoms with Crippen molar-refractivity contribution in [2.75, 3.05) is 27.7 Å². The molecule has 0 saturated heterocycles. The van der Waals surface area contributed by atoms with E-state index in [4.69, 9.17) is 0 Å². The van der Waals surface area contributed by atoms with Crippen molar-refractivity contribution in [1.29, 1.82) is 0 Å². The molecule has 0 bridgehead atoms. The maximum atomic E-state index is 10.4. The summed E-state index contributed by atoms with van der Waals surface area (Å²) in [6.07, 6.45) is 5.20. The molecule has 2 nitrogen and oxygen atoms in total. The molecular weight excluding hydrogens is 282 g/mol. The molecule has 0 spiro atoms. The van der Waals surface area contributed by atoms with Crippen LogP contribution in [0.1, 0.15) is 43.9 Å². The average Bonchev–Trinajstić information content (AvgIpc) is 2.25. The number of aryl methyl sites for hydroxylation is 1. The first-order valence-electron chi connectivity index (χ1n) is 7.53. The third kappa shape index (κ3) is 7.01. The predicted molar refractivity (Wildman–Crippen MR) is 88.0 cm³/mol. The number of aromatic hydroxyl groups is 1. The number of rotatable bonds is 6. The van der Waals surface area contributed by atoms with Crippen molar-refractivity contribution >= 4 is 6.08 Å². The molecule has 0 aliphatic rings. The van der Waals surface area contributed by atoms with Gasteiger partial charge in [-0.1, -0.05) is 31.1 Å². The summed E-state index contributed by atoms with van der Waals surface area (Å²) in [5.41, 5.74) is 4.80. The fourth-order valence-corrected chi connectivity index (χ4v) is 2.38. The maximum Gasteiger partial charge on any atom is 0.119 e. The number of hydrogen-bond donors (Lipinski definition) is 1. The molecule has 0 radical (unpaired) electrons. The van der Waals surface area contributed by atoms with Gasteiger partial charge in [0, 0.05) is 12.0 Å². The molecule has 21 heavy (non-hydrogen) atoms. The molecule has 3 heteroatoms. The molecule has 0 amide bonds. The smallest absolute Gasteiger partial charge is 0.119 e. The number of allylic oxidation sites excluding steroid dienone is 1. The Kier molecular flexibility index (Phi) is 8.05. The van der Waals surface area contributed by atoms with Gasteiger partial charge in [0.05, 0.1) is 27.7 Å². The molecule has 1 rings (SSSR count). The maximum absolute atomic E-state index is 10.4. The van der Waals surface area contributed by atoms with Gasteiger partial charge in [-0.3, -0.25) is 0 Å². The minimum atomic E-state index is 0. The van der Waals surface area contributed by atoms with Crippen LogP contribution >= 0.6 is 0 Å². The molecule has 120 valence electrons. The second-order valence-corrected chi connectivity index (χ2v) is 6.91. The second-order valence-electron chi connectivity index (χ2n) is 6.91. The highest BCUT2D eigenvalue weighted by molar-refractivity contribution is 5.58. The van der Waals surface area contributed by atoms with Crippen molar-refractivity contribution in [3.8, 4) is 5.75 Å². The molecule has 1 aromatic rings. The third-order valence-electron chi connectivity index (χ3n) is 3.35. The molecule has 1 aromatic carbocycles. The molecule has 0 saturated carbocycles. The van der Waals surface area contributed by atoms with E-state index in [1.54, 1.807) is 0 Å². The first-order valence-corrected chi connectivity index (χ1v) is 7.53. The molecule has 0 atom stereocenters. The lowest BCUT2D eigenvalue weighted by Crippen LogP contribution is -3.00. The van der Waals surface area contributed by atoms with Gasteiger partial charge in [0.2, 0.25) is 0 Å². The molecule has 0 heterocycles. The van der Waals surface area contributed by atoms with Crippen LogP contribution in [0.3, 0.4) is 0 Å². The van der Waals surface area contributed by atoms with Gasteiger partial charge in [-0.2, -0.15) is 0 Å². The zero-order valence-electron chi connectivity index (χ0n) is 14.3. The Morgan fingerprint density at radius 3 is 2.24 bits per heavy atom. The van der Waals surface area contributed by atoms with E-state index in [0.717, 1.165) is 41.4 Å². The quantitative estimate of drug-likeness (QED) is 0.778. The Morgan fingerprint density at radius 1 is 1.14 bits per heavy atom. The second kappa shape index (κ2) is 8.45. The summed E-state index contributed by atoms with van der Waals surface area (Å²) >= 11 is 0. The number of phenols is 1. The summed E-state index contributed by atoms with van der Waals surface area (Å²) in [4.78, 5) is 0. The highest BCUT2D eigenvalue weighted by Crippen LogP contribution is 2.27. The lowest BCUT2D eigenvalue weighted by molar-refractivity contribution is -0.870. The van der Waals surface area contributed by atoms with E-state index >= 15 is 0 Å². The normalized spacial score (nSPS) is 11.0. The molecule has 0 fully saturated rings. The van der Waals surface area contributed by atoms with Crippen molar-refractivity contribution < 1.29 is 22.0 Å². The Labute approximate surface area is 136 Å². The van der Waals surface area contributed by atoms with Crippen molar-refractivity contribution in [3.05, 3.63) is 34.4 Å². The van der Waals surface area contributed by atoms with Crippen LogP contribution in [0, 0.1) is 0 Å². The van der Waals surface area contributed by atoms with E-state index in [0.29, 0.717) is 5.75 Å². The summed E-state index contributed by atoms with van der Waals surface area (Å²) in [6.45, 7) is 7.39. The lowest BCUT2D eigenvalue weighted by Gasteiger charge is -2.24. The number of halogens is 1. The third-order valence-corrected chi connectivity index (χ3v) is 3.35. The first-order chi connectivity index (χ1) is 9.23.